The van der Waals surface area contributed by atoms with Crippen molar-refractivity contribution in [2.24, 2.45) is 5.73 Å². The van der Waals surface area contributed by atoms with Crippen LogP contribution in [0.4, 0.5) is 14.5 Å². The number of benzene rings is 2. The van der Waals surface area contributed by atoms with Gasteiger partial charge in [0, 0.05) is 11.1 Å². The highest BCUT2D eigenvalue weighted by molar-refractivity contribution is 7.80. The molecule has 0 fully saturated rings. The van der Waals surface area contributed by atoms with Crippen LogP contribution in [0.2, 0.25) is 5.02 Å². The molecule has 0 saturated carbocycles. The summed E-state index contributed by atoms with van der Waals surface area (Å²) in [6, 6.07) is 7.23. The van der Waals surface area contributed by atoms with E-state index in [0.717, 1.165) is 18.2 Å². The van der Waals surface area contributed by atoms with Crippen LogP contribution in [0.3, 0.4) is 0 Å². The fourth-order valence-corrected chi connectivity index (χ4v) is 1.95. The zero-order valence-electron chi connectivity index (χ0n) is 10.5. The molecular weight excluding hydrogens is 318 g/mol. The lowest BCUT2D eigenvalue weighted by Gasteiger charge is -2.10. The number of nitrogens with two attached hydrogens (primary N) is 1. The number of carbonyl (C=O) groups excluding carboxylic acids is 1. The van der Waals surface area contributed by atoms with Crippen LogP contribution in [0.5, 0.6) is 0 Å². The van der Waals surface area contributed by atoms with Gasteiger partial charge in [0.05, 0.1) is 10.7 Å². The van der Waals surface area contributed by atoms with E-state index >= 15 is 0 Å². The summed E-state index contributed by atoms with van der Waals surface area (Å²) in [5, 5.41) is 2.41. The van der Waals surface area contributed by atoms with Gasteiger partial charge in [0.25, 0.3) is 5.91 Å². The van der Waals surface area contributed by atoms with Gasteiger partial charge in [0.2, 0.25) is 0 Å². The van der Waals surface area contributed by atoms with Crippen LogP contribution in [-0.4, -0.2) is 10.9 Å². The monoisotopic (exact) mass is 326 g/mol. The van der Waals surface area contributed by atoms with Gasteiger partial charge in [0.1, 0.15) is 16.6 Å². The Morgan fingerprint density at radius 1 is 1.19 bits per heavy atom. The van der Waals surface area contributed by atoms with Gasteiger partial charge < -0.3 is 11.1 Å². The van der Waals surface area contributed by atoms with Crippen LogP contribution < -0.4 is 11.1 Å². The van der Waals surface area contributed by atoms with Gasteiger partial charge in [-0.1, -0.05) is 23.8 Å². The quantitative estimate of drug-likeness (QED) is 0.849. The van der Waals surface area contributed by atoms with Gasteiger partial charge in [-0.15, -0.1) is 0 Å². The van der Waals surface area contributed by atoms with Crippen molar-refractivity contribution in [1.82, 2.24) is 0 Å². The Hall–Kier alpha value is -2.05. The fraction of sp³-hybridized carbons (Fsp3) is 0. The number of carbonyl (C=O) groups is 1. The predicted molar refractivity (Wildman–Crippen MR) is 81.7 cm³/mol. The van der Waals surface area contributed by atoms with E-state index in [0.29, 0.717) is 0 Å². The van der Waals surface area contributed by atoms with Crippen molar-refractivity contribution in [3.05, 3.63) is 64.2 Å². The molecule has 0 saturated heterocycles. The third-order valence-corrected chi connectivity index (χ3v) is 3.20. The highest BCUT2D eigenvalue weighted by Gasteiger charge is 2.13. The summed E-state index contributed by atoms with van der Waals surface area (Å²) >= 11 is 10.3. The summed E-state index contributed by atoms with van der Waals surface area (Å²) in [6.45, 7) is 0. The Labute approximate surface area is 129 Å². The van der Waals surface area contributed by atoms with Gasteiger partial charge in [-0.25, -0.2) is 8.78 Å². The van der Waals surface area contributed by atoms with E-state index < -0.39 is 17.5 Å². The molecule has 1 amide bonds. The average Bonchev–Trinajstić information content (AvgIpc) is 2.43. The maximum absolute atomic E-state index is 13.3. The smallest absolute Gasteiger partial charge is 0.255 e. The van der Waals surface area contributed by atoms with E-state index in [9.17, 15) is 13.6 Å². The van der Waals surface area contributed by atoms with E-state index in [1.54, 1.807) is 0 Å². The molecular formula is C14H9ClF2N2OS. The molecule has 0 unspecified atom stereocenters. The van der Waals surface area contributed by atoms with Crippen LogP contribution in [0.15, 0.2) is 36.4 Å². The van der Waals surface area contributed by atoms with Gasteiger partial charge >= 0.3 is 0 Å². The Kier molecular flexibility index (Phi) is 4.50. The van der Waals surface area contributed by atoms with Gasteiger partial charge in [0.15, 0.2) is 0 Å². The minimum Gasteiger partial charge on any atom is -0.389 e. The first kappa shape index (κ1) is 15.3. The van der Waals surface area contributed by atoms with E-state index in [-0.39, 0.29) is 26.8 Å². The average molecular weight is 327 g/mol. The van der Waals surface area contributed by atoms with Crippen LogP contribution in [0, 0.1) is 11.6 Å². The van der Waals surface area contributed by atoms with E-state index in [4.69, 9.17) is 29.6 Å². The number of anilines is 1. The molecule has 0 aliphatic carbocycles. The lowest BCUT2D eigenvalue weighted by Crippen LogP contribution is -2.18. The molecule has 0 spiro atoms. The SMILES string of the molecule is NC(=S)c1cc(F)ccc1NC(=O)c1ccc(Cl)c(F)c1. The van der Waals surface area contributed by atoms with Crippen molar-refractivity contribution in [1.29, 1.82) is 0 Å². The number of thiocarbonyl (C=S) groups is 1. The molecule has 21 heavy (non-hydrogen) atoms. The second-order valence-corrected chi connectivity index (χ2v) is 4.98. The van der Waals surface area contributed by atoms with Crippen LogP contribution in [0.25, 0.3) is 0 Å². The lowest BCUT2D eigenvalue weighted by atomic mass is 10.1. The number of hydrogen-bond donors (Lipinski definition) is 2. The maximum Gasteiger partial charge on any atom is 0.255 e. The van der Waals surface area contributed by atoms with Crippen molar-refractivity contribution in [2.45, 2.75) is 0 Å². The third kappa shape index (κ3) is 3.53. The molecule has 2 aromatic carbocycles. The number of rotatable bonds is 3. The molecule has 108 valence electrons. The minimum absolute atomic E-state index is 0.0629. The molecule has 0 radical (unpaired) electrons. The first-order chi connectivity index (χ1) is 9.88. The summed E-state index contributed by atoms with van der Waals surface area (Å²) in [5.74, 6) is -1.83. The summed E-state index contributed by atoms with van der Waals surface area (Å²) in [7, 11) is 0. The van der Waals surface area contributed by atoms with Crippen molar-refractivity contribution in [3.63, 3.8) is 0 Å². The standard InChI is InChI=1S/C14H9ClF2N2OS/c15-10-3-1-7(5-11(10)17)14(20)19-12-4-2-8(16)6-9(12)13(18)21/h1-6H,(H2,18,21)(H,19,20). The predicted octanol–water partition coefficient (Wildman–Crippen LogP) is 3.50. The highest BCUT2D eigenvalue weighted by Crippen LogP contribution is 2.20. The molecule has 7 heteroatoms. The first-order valence-corrected chi connectivity index (χ1v) is 6.53. The highest BCUT2D eigenvalue weighted by atomic mass is 35.5. The van der Waals surface area contributed by atoms with Gasteiger partial charge in [-0.2, -0.15) is 0 Å². The molecule has 0 bridgehead atoms. The molecule has 2 aromatic rings. The number of amides is 1. The lowest BCUT2D eigenvalue weighted by molar-refractivity contribution is 0.102. The van der Waals surface area contributed by atoms with Crippen molar-refractivity contribution in [3.8, 4) is 0 Å². The van der Waals surface area contributed by atoms with Crippen molar-refractivity contribution in [2.75, 3.05) is 5.32 Å². The molecule has 3 nitrogen and oxygen atoms in total. The first-order valence-electron chi connectivity index (χ1n) is 5.74. The Morgan fingerprint density at radius 2 is 1.90 bits per heavy atom. The van der Waals surface area contributed by atoms with Crippen molar-refractivity contribution >= 4 is 40.4 Å². The maximum atomic E-state index is 13.3. The molecule has 0 atom stereocenters. The van der Waals surface area contributed by atoms with Gasteiger partial charge in [-0.05, 0) is 36.4 Å². The molecule has 0 aliphatic heterocycles. The minimum atomic E-state index is -0.710. The van der Waals surface area contributed by atoms with Crippen LogP contribution in [0.1, 0.15) is 15.9 Å². The third-order valence-electron chi connectivity index (χ3n) is 2.68. The van der Waals surface area contributed by atoms with Crippen molar-refractivity contribution < 1.29 is 13.6 Å². The van der Waals surface area contributed by atoms with Crippen LogP contribution >= 0.6 is 23.8 Å². The summed E-state index contributed by atoms with van der Waals surface area (Å²) in [6.07, 6.45) is 0. The second-order valence-electron chi connectivity index (χ2n) is 4.14. The van der Waals surface area contributed by atoms with Gasteiger partial charge in [-0.3, -0.25) is 4.79 Å². The summed E-state index contributed by atoms with van der Waals surface area (Å²) < 4.78 is 26.5. The summed E-state index contributed by atoms with van der Waals surface area (Å²) in [5.41, 5.74) is 5.97. The topological polar surface area (TPSA) is 55.1 Å². The van der Waals surface area contributed by atoms with E-state index in [1.165, 1.54) is 18.2 Å². The summed E-state index contributed by atoms with van der Waals surface area (Å²) in [4.78, 5) is 12.0. The Bertz CT molecular complexity index is 737. The normalized spacial score (nSPS) is 10.2. The largest absolute Gasteiger partial charge is 0.389 e. The van der Waals surface area contributed by atoms with Crippen LogP contribution in [-0.2, 0) is 0 Å². The number of halogens is 3. The molecule has 0 aromatic heterocycles. The molecule has 0 aliphatic rings. The molecule has 3 N–H and O–H groups in total. The Morgan fingerprint density at radius 3 is 2.52 bits per heavy atom. The molecule has 2 rings (SSSR count). The number of hydrogen-bond acceptors (Lipinski definition) is 2. The second kappa shape index (κ2) is 6.15. The number of nitrogens with one attached hydrogen (secondary N) is 1. The molecule has 0 heterocycles. The van der Waals surface area contributed by atoms with E-state index in [1.807, 2.05) is 0 Å². The van der Waals surface area contributed by atoms with E-state index in [2.05, 4.69) is 5.32 Å². The zero-order chi connectivity index (χ0) is 15.6. The Balaban J connectivity index is 2.31. The fourth-order valence-electron chi connectivity index (χ4n) is 1.66. The zero-order valence-corrected chi connectivity index (χ0v) is 12.1.